The van der Waals surface area contributed by atoms with E-state index in [4.69, 9.17) is 27.9 Å². The molecule has 1 aliphatic heterocycles. The van der Waals surface area contributed by atoms with Gasteiger partial charge in [0.25, 0.3) is 0 Å². The Bertz CT molecular complexity index is 502. The second-order valence-electron chi connectivity index (χ2n) is 5.51. The van der Waals surface area contributed by atoms with E-state index in [0.29, 0.717) is 16.6 Å². The predicted octanol–water partition coefficient (Wildman–Crippen LogP) is 4.06. The summed E-state index contributed by atoms with van der Waals surface area (Å²) in [4.78, 5) is 4.23. The van der Waals surface area contributed by atoms with Crippen LogP contribution in [0.3, 0.4) is 0 Å². The van der Waals surface area contributed by atoms with Crippen LogP contribution in [0.5, 0.6) is 0 Å². The molecule has 2 N–H and O–H groups in total. The molecule has 0 aromatic heterocycles. The largest absolute Gasteiger partial charge is 0.376 e. The Balaban J connectivity index is 0.00000264. The topological polar surface area (TPSA) is 45.7 Å². The van der Waals surface area contributed by atoms with E-state index in [2.05, 4.69) is 22.5 Å². The van der Waals surface area contributed by atoms with Crippen LogP contribution in [0, 0.1) is 0 Å². The molecule has 1 saturated heterocycles. The SMILES string of the molecule is CN=C(NCC1CCCO1)NCC(C)c1c(Cl)cccc1Cl.I. The molecule has 1 aromatic carbocycles. The third kappa shape index (κ3) is 6.29. The highest BCUT2D eigenvalue weighted by atomic mass is 127. The molecule has 0 bridgehead atoms. The van der Waals surface area contributed by atoms with Crippen molar-refractivity contribution in [2.45, 2.75) is 31.8 Å². The Morgan fingerprint density at radius 3 is 2.61 bits per heavy atom. The minimum atomic E-state index is 0. The van der Waals surface area contributed by atoms with E-state index in [0.717, 1.165) is 37.5 Å². The van der Waals surface area contributed by atoms with Crippen LogP contribution in [0.4, 0.5) is 0 Å². The first-order chi connectivity index (χ1) is 10.6. The molecular weight excluding hydrogens is 448 g/mol. The van der Waals surface area contributed by atoms with Crippen molar-refractivity contribution in [1.82, 2.24) is 10.6 Å². The van der Waals surface area contributed by atoms with Crippen LogP contribution in [0.25, 0.3) is 0 Å². The van der Waals surface area contributed by atoms with Gasteiger partial charge in [0.1, 0.15) is 0 Å². The summed E-state index contributed by atoms with van der Waals surface area (Å²) in [6.45, 7) is 4.43. The number of hydrogen-bond acceptors (Lipinski definition) is 2. The van der Waals surface area contributed by atoms with E-state index >= 15 is 0 Å². The van der Waals surface area contributed by atoms with Gasteiger partial charge in [-0.05, 0) is 30.5 Å². The average Bonchev–Trinajstić information content (AvgIpc) is 3.00. The lowest BCUT2D eigenvalue weighted by atomic mass is 10.0. The number of nitrogens with zero attached hydrogens (tertiary/aromatic N) is 1. The molecule has 23 heavy (non-hydrogen) atoms. The molecule has 130 valence electrons. The highest BCUT2D eigenvalue weighted by Gasteiger charge is 2.17. The number of nitrogens with one attached hydrogen (secondary N) is 2. The van der Waals surface area contributed by atoms with Crippen molar-refractivity contribution < 1.29 is 4.74 Å². The van der Waals surface area contributed by atoms with Gasteiger partial charge >= 0.3 is 0 Å². The molecular formula is C16H24Cl2IN3O. The average molecular weight is 472 g/mol. The van der Waals surface area contributed by atoms with Gasteiger partial charge in [0.2, 0.25) is 0 Å². The monoisotopic (exact) mass is 471 g/mol. The van der Waals surface area contributed by atoms with Gasteiger partial charge in [-0.15, -0.1) is 24.0 Å². The van der Waals surface area contributed by atoms with Crippen molar-refractivity contribution >= 4 is 53.1 Å². The van der Waals surface area contributed by atoms with Crippen molar-refractivity contribution in [3.8, 4) is 0 Å². The van der Waals surface area contributed by atoms with Crippen LogP contribution in [0.2, 0.25) is 10.0 Å². The summed E-state index contributed by atoms with van der Waals surface area (Å²) >= 11 is 12.5. The van der Waals surface area contributed by atoms with Crippen LogP contribution in [-0.4, -0.2) is 38.8 Å². The van der Waals surface area contributed by atoms with E-state index in [1.807, 2.05) is 18.2 Å². The normalized spacial score (nSPS) is 19.1. The minimum absolute atomic E-state index is 0. The summed E-state index contributed by atoms with van der Waals surface area (Å²) in [5.74, 6) is 0.952. The molecule has 1 fully saturated rings. The zero-order chi connectivity index (χ0) is 15.9. The Morgan fingerprint density at radius 2 is 2.04 bits per heavy atom. The number of aliphatic imine (C=N–C) groups is 1. The molecule has 0 spiro atoms. The quantitative estimate of drug-likeness (QED) is 0.386. The number of rotatable bonds is 5. The molecule has 0 amide bonds. The van der Waals surface area contributed by atoms with Crippen molar-refractivity contribution in [1.29, 1.82) is 0 Å². The van der Waals surface area contributed by atoms with Gasteiger partial charge in [-0.3, -0.25) is 4.99 Å². The zero-order valence-corrected chi connectivity index (χ0v) is 17.3. The number of hydrogen-bond donors (Lipinski definition) is 2. The summed E-state index contributed by atoms with van der Waals surface area (Å²) in [5, 5.41) is 8.00. The molecule has 0 saturated carbocycles. The van der Waals surface area contributed by atoms with E-state index in [1.165, 1.54) is 0 Å². The van der Waals surface area contributed by atoms with Gasteiger partial charge in [-0.1, -0.05) is 36.2 Å². The van der Waals surface area contributed by atoms with E-state index < -0.39 is 0 Å². The van der Waals surface area contributed by atoms with E-state index in [-0.39, 0.29) is 36.0 Å². The third-order valence-electron chi connectivity index (χ3n) is 3.81. The lowest BCUT2D eigenvalue weighted by Crippen LogP contribution is -2.42. The highest BCUT2D eigenvalue weighted by Crippen LogP contribution is 2.30. The molecule has 2 unspecified atom stereocenters. The smallest absolute Gasteiger partial charge is 0.191 e. The summed E-state index contributed by atoms with van der Waals surface area (Å²) < 4.78 is 5.59. The standard InChI is InChI=1S/C16H23Cl2N3O.HI/c1-11(15-13(17)6-3-7-14(15)18)9-20-16(19-2)21-10-12-5-4-8-22-12;/h3,6-7,11-12H,4-5,8-10H2,1-2H3,(H2,19,20,21);1H. The van der Waals surface area contributed by atoms with Crippen molar-refractivity contribution in [3.63, 3.8) is 0 Å². The summed E-state index contributed by atoms with van der Waals surface area (Å²) in [6, 6.07) is 5.59. The fraction of sp³-hybridized carbons (Fsp3) is 0.562. The maximum Gasteiger partial charge on any atom is 0.191 e. The molecule has 2 atom stereocenters. The molecule has 1 aliphatic rings. The van der Waals surface area contributed by atoms with Gasteiger partial charge < -0.3 is 15.4 Å². The first-order valence-corrected chi connectivity index (χ1v) is 8.37. The number of guanidine groups is 1. The Kier molecular flexibility index (Phi) is 9.58. The zero-order valence-electron chi connectivity index (χ0n) is 13.4. The first-order valence-electron chi connectivity index (χ1n) is 7.62. The fourth-order valence-electron chi connectivity index (χ4n) is 2.57. The number of halogens is 3. The molecule has 1 aromatic rings. The van der Waals surface area contributed by atoms with Gasteiger partial charge in [0.05, 0.1) is 6.10 Å². The Labute approximate surface area is 165 Å². The number of ether oxygens (including phenoxy) is 1. The van der Waals surface area contributed by atoms with Crippen LogP contribution in [-0.2, 0) is 4.74 Å². The molecule has 2 rings (SSSR count). The van der Waals surface area contributed by atoms with Crippen LogP contribution < -0.4 is 10.6 Å². The van der Waals surface area contributed by atoms with E-state index in [9.17, 15) is 0 Å². The van der Waals surface area contributed by atoms with Crippen LogP contribution in [0.1, 0.15) is 31.2 Å². The van der Waals surface area contributed by atoms with Crippen molar-refractivity contribution in [2.75, 3.05) is 26.7 Å². The minimum Gasteiger partial charge on any atom is -0.376 e. The second-order valence-corrected chi connectivity index (χ2v) is 6.32. The number of benzene rings is 1. The van der Waals surface area contributed by atoms with Crippen LogP contribution in [0.15, 0.2) is 23.2 Å². The lowest BCUT2D eigenvalue weighted by Gasteiger charge is -2.19. The summed E-state index contributed by atoms with van der Waals surface area (Å²) in [5.41, 5.74) is 0.966. The van der Waals surface area contributed by atoms with Crippen molar-refractivity contribution in [3.05, 3.63) is 33.8 Å². The molecule has 0 radical (unpaired) electrons. The molecule has 0 aliphatic carbocycles. The second kappa shape index (κ2) is 10.6. The Hall–Kier alpha value is -0.240. The maximum absolute atomic E-state index is 6.25. The van der Waals surface area contributed by atoms with Gasteiger partial charge in [0.15, 0.2) is 5.96 Å². The highest BCUT2D eigenvalue weighted by molar-refractivity contribution is 14.0. The Morgan fingerprint density at radius 1 is 1.35 bits per heavy atom. The fourth-order valence-corrected chi connectivity index (χ4v) is 3.34. The van der Waals surface area contributed by atoms with E-state index in [1.54, 1.807) is 7.05 Å². The summed E-state index contributed by atoms with van der Waals surface area (Å²) in [6.07, 6.45) is 2.53. The summed E-state index contributed by atoms with van der Waals surface area (Å²) in [7, 11) is 1.76. The third-order valence-corrected chi connectivity index (χ3v) is 4.47. The van der Waals surface area contributed by atoms with Crippen LogP contribution >= 0.6 is 47.2 Å². The van der Waals surface area contributed by atoms with Gasteiger partial charge in [0, 0.05) is 42.7 Å². The van der Waals surface area contributed by atoms with Gasteiger partial charge in [-0.2, -0.15) is 0 Å². The maximum atomic E-state index is 6.25. The first kappa shape index (κ1) is 20.8. The predicted molar refractivity (Wildman–Crippen MR) is 109 cm³/mol. The molecule has 1 heterocycles. The van der Waals surface area contributed by atoms with Gasteiger partial charge in [-0.25, -0.2) is 0 Å². The molecule has 7 heteroatoms. The lowest BCUT2D eigenvalue weighted by molar-refractivity contribution is 0.114. The molecule has 4 nitrogen and oxygen atoms in total. The van der Waals surface area contributed by atoms with Crippen molar-refractivity contribution in [2.24, 2.45) is 4.99 Å².